The summed E-state index contributed by atoms with van der Waals surface area (Å²) in [4.78, 5) is 0.354. The highest BCUT2D eigenvalue weighted by Crippen LogP contribution is 2.13. The lowest BCUT2D eigenvalue weighted by molar-refractivity contribution is 0.200. The van der Waals surface area contributed by atoms with Crippen LogP contribution in [0.15, 0.2) is 29.2 Å². The van der Waals surface area contributed by atoms with E-state index in [1.165, 1.54) is 12.1 Å². The quantitative estimate of drug-likeness (QED) is 0.833. The van der Waals surface area contributed by atoms with Gasteiger partial charge in [-0.05, 0) is 24.1 Å². The Morgan fingerprint density at radius 1 is 1.38 bits per heavy atom. The minimum Gasteiger partial charge on any atom is -0.384 e. The van der Waals surface area contributed by atoms with Crippen molar-refractivity contribution in [3.8, 4) is 0 Å². The van der Waals surface area contributed by atoms with Gasteiger partial charge in [0.25, 0.3) is 0 Å². The van der Waals surface area contributed by atoms with Crippen LogP contribution in [-0.4, -0.2) is 27.0 Å². The van der Waals surface area contributed by atoms with Crippen molar-refractivity contribution < 1.29 is 13.2 Å². The SMILES string of the molecule is COCC(Br)Cc1ccc(S(N)(=O)=O)cc1. The highest BCUT2D eigenvalue weighted by molar-refractivity contribution is 9.09. The molecule has 0 aliphatic rings. The fourth-order valence-corrected chi connectivity index (χ4v) is 2.46. The maximum Gasteiger partial charge on any atom is 0.238 e. The van der Waals surface area contributed by atoms with Crippen molar-refractivity contribution in [2.45, 2.75) is 16.1 Å². The van der Waals surface area contributed by atoms with Crippen molar-refractivity contribution in [2.24, 2.45) is 5.14 Å². The predicted octanol–water partition coefficient (Wildman–Crippen LogP) is 1.29. The molecule has 2 N–H and O–H groups in total. The molecule has 90 valence electrons. The Morgan fingerprint density at radius 2 is 1.94 bits per heavy atom. The minimum atomic E-state index is -3.59. The van der Waals surface area contributed by atoms with E-state index >= 15 is 0 Å². The van der Waals surface area contributed by atoms with Crippen LogP contribution >= 0.6 is 15.9 Å². The fraction of sp³-hybridized carbons (Fsp3) is 0.400. The van der Waals surface area contributed by atoms with Gasteiger partial charge in [0.2, 0.25) is 10.0 Å². The van der Waals surface area contributed by atoms with Gasteiger partial charge in [-0.3, -0.25) is 0 Å². The van der Waals surface area contributed by atoms with E-state index in [1.54, 1.807) is 19.2 Å². The number of hydrogen-bond donors (Lipinski definition) is 1. The zero-order valence-corrected chi connectivity index (χ0v) is 11.3. The zero-order valence-electron chi connectivity index (χ0n) is 8.89. The molecule has 1 unspecified atom stereocenters. The van der Waals surface area contributed by atoms with Crippen LogP contribution in [0.1, 0.15) is 5.56 Å². The van der Waals surface area contributed by atoms with E-state index in [1.807, 2.05) is 0 Å². The van der Waals surface area contributed by atoms with Crippen molar-refractivity contribution >= 4 is 26.0 Å². The molecule has 1 aromatic carbocycles. The number of methoxy groups -OCH3 is 1. The van der Waals surface area contributed by atoms with Gasteiger partial charge in [-0.1, -0.05) is 28.1 Å². The molecule has 1 atom stereocenters. The summed E-state index contributed by atoms with van der Waals surface area (Å²) in [6.45, 7) is 0.608. The van der Waals surface area contributed by atoms with Gasteiger partial charge in [0.1, 0.15) is 0 Å². The zero-order chi connectivity index (χ0) is 12.2. The smallest absolute Gasteiger partial charge is 0.238 e. The van der Waals surface area contributed by atoms with Crippen molar-refractivity contribution in [3.63, 3.8) is 0 Å². The van der Waals surface area contributed by atoms with Crippen LogP contribution in [0.2, 0.25) is 0 Å². The number of ether oxygens (including phenoxy) is 1. The highest BCUT2D eigenvalue weighted by atomic mass is 79.9. The van der Waals surface area contributed by atoms with Crippen LogP contribution in [-0.2, 0) is 21.2 Å². The molecular weight excluding hydrogens is 294 g/mol. The van der Waals surface area contributed by atoms with E-state index in [4.69, 9.17) is 9.88 Å². The van der Waals surface area contributed by atoms with Gasteiger partial charge in [0.05, 0.1) is 11.5 Å². The number of nitrogens with two attached hydrogens (primary N) is 1. The van der Waals surface area contributed by atoms with Gasteiger partial charge in [0, 0.05) is 11.9 Å². The molecule has 0 saturated heterocycles. The Labute approximate surface area is 104 Å². The molecule has 0 heterocycles. The second-order valence-corrected chi connectivity index (χ2v) is 6.30. The molecule has 0 fully saturated rings. The van der Waals surface area contributed by atoms with Crippen molar-refractivity contribution in [1.82, 2.24) is 0 Å². The van der Waals surface area contributed by atoms with Gasteiger partial charge in [-0.25, -0.2) is 13.6 Å². The van der Waals surface area contributed by atoms with Crippen molar-refractivity contribution in [2.75, 3.05) is 13.7 Å². The average Bonchev–Trinajstić information content (AvgIpc) is 2.17. The summed E-state index contributed by atoms with van der Waals surface area (Å²) in [6.07, 6.45) is 0.777. The number of hydrogen-bond acceptors (Lipinski definition) is 3. The standard InChI is InChI=1S/C10H14BrNO3S/c1-15-7-9(11)6-8-2-4-10(5-3-8)16(12,13)14/h2-5,9H,6-7H2,1H3,(H2,12,13,14). The number of alkyl halides is 1. The molecule has 16 heavy (non-hydrogen) atoms. The molecule has 0 aliphatic heterocycles. The molecule has 4 nitrogen and oxygen atoms in total. The lowest BCUT2D eigenvalue weighted by Crippen LogP contribution is -2.13. The number of sulfonamides is 1. The summed E-state index contributed by atoms with van der Waals surface area (Å²) in [7, 11) is -1.96. The second-order valence-electron chi connectivity index (χ2n) is 3.45. The fourth-order valence-electron chi connectivity index (χ4n) is 1.31. The van der Waals surface area contributed by atoms with Crippen molar-refractivity contribution in [3.05, 3.63) is 29.8 Å². The van der Waals surface area contributed by atoms with Crippen LogP contribution < -0.4 is 5.14 Å². The Bertz CT molecular complexity index is 430. The molecule has 0 aromatic heterocycles. The van der Waals surface area contributed by atoms with Crippen LogP contribution in [0.25, 0.3) is 0 Å². The topological polar surface area (TPSA) is 69.4 Å². The van der Waals surface area contributed by atoms with Crippen LogP contribution in [0.5, 0.6) is 0 Å². The molecule has 1 aromatic rings. The summed E-state index contributed by atoms with van der Waals surface area (Å²) in [5, 5.41) is 5.00. The van der Waals surface area contributed by atoms with E-state index in [0.717, 1.165) is 12.0 Å². The Balaban J connectivity index is 2.72. The van der Waals surface area contributed by atoms with Crippen LogP contribution in [0, 0.1) is 0 Å². The summed E-state index contributed by atoms with van der Waals surface area (Å²) in [5.74, 6) is 0. The van der Waals surface area contributed by atoms with E-state index in [9.17, 15) is 8.42 Å². The van der Waals surface area contributed by atoms with Gasteiger partial charge in [-0.15, -0.1) is 0 Å². The number of halogens is 1. The maximum absolute atomic E-state index is 11.0. The summed E-state index contributed by atoms with van der Waals surface area (Å²) in [5.41, 5.74) is 1.03. The lowest BCUT2D eigenvalue weighted by atomic mass is 10.1. The van der Waals surface area contributed by atoms with Crippen LogP contribution in [0.4, 0.5) is 0 Å². The summed E-state index contributed by atoms with van der Waals surface area (Å²) < 4.78 is 27.0. The first-order chi connectivity index (χ1) is 7.43. The molecule has 0 saturated carbocycles. The molecule has 0 radical (unpaired) electrons. The van der Waals surface area contributed by atoms with E-state index in [2.05, 4.69) is 15.9 Å². The third-order valence-electron chi connectivity index (χ3n) is 2.06. The lowest BCUT2D eigenvalue weighted by Gasteiger charge is -2.08. The molecule has 0 spiro atoms. The Morgan fingerprint density at radius 3 is 2.38 bits per heavy atom. The third-order valence-corrected chi connectivity index (χ3v) is 3.57. The van der Waals surface area contributed by atoms with E-state index in [-0.39, 0.29) is 9.72 Å². The molecule has 0 aliphatic carbocycles. The molecular formula is C10H14BrNO3S. The average molecular weight is 308 g/mol. The van der Waals surface area contributed by atoms with Gasteiger partial charge in [0.15, 0.2) is 0 Å². The minimum absolute atomic E-state index is 0.133. The second kappa shape index (κ2) is 5.77. The van der Waals surface area contributed by atoms with Crippen molar-refractivity contribution in [1.29, 1.82) is 0 Å². The highest BCUT2D eigenvalue weighted by Gasteiger charge is 2.08. The first-order valence-corrected chi connectivity index (χ1v) is 7.14. The first-order valence-electron chi connectivity index (χ1n) is 4.68. The van der Waals surface area contributed by atoms with Gasteiger partial charge < -0.3 is 4.74 Å². The maximum atomic E-state index is 11.0. The van der Waals surface area contributed by atoms with E-state index < -0.39 is 10.0 Å². The van der Waals surface area contributed by atoms with Gasteiger partial charge >= 0.3 is 0 Å². The number of rotatable bonds is 5. The van der Waals surface area contributed by atoms with Crippen LogP contribution in [0.3, 0.4) is 0 Å². The normalized spacial score (nSPS) is 13.7. The molecule has 6 heteroatoms. The number of primary sulfonamides is 1. The molecule has 1 rings (SSSR count). The molecule has 0 bridgehead atoms. The molecule has 0 amide bonds. The predicted molar refractivity (Wildman–Crippen MR) is 66.1 cm³/mol. The first kappa shape index (κ1) is 13.6. The summed E-state index contributed by atoms with van der Waals surface area (Å²) >= 11 is 3.46. The monoisotopic (exact) mass is 307 g/mol. The van der Waals surface area contributed by atoms with Gasteiger partial charge in [-0.2, -0.15) is 0 Å². The Hall–Kier alpha value is -0.430. The Kier molecular flexibility index (Phi) is 4.91. The van der Waals surface area contributed by atoms with E-state index in [0.29, 0.717) is 6.61 Å². The third kappa shape index (κ3) is 4.21. The summed E-state index contributed by atoms with van der Waals surface area (Å²) in [6, 6.07) is 6.53. The number of benzene rings is 1. The largest absolute Gasteiger partial charge is 0.384 e.